The molecule has 1 aromatic heterocycles. The van der Waals surface area contributed by atoms with Crippen LogP contribution in [0.5, 0.6) is 5.75 Å². The van der Waals surface area contributed by atoms with Gasteiger partial charge in [0.1, 0.15) is 5.75 Å². The molecular formula is C22H23N3O5. The van der Waals surface area contributed by atoms with Crippen molar-refractivity contribution in [2.45, 2.75) is 34.3 Å². The van der Waals surface area contributed by atoms with E-state index in [0.717, 1.165) is 22.4 Å². The third-order valence-electron chi connectivity index (χ3n) is 4.30. The van der Waals surface area contributed by atoms with Crippen molar-refractivity contribution >= 4 is 17.6 Å². The van der Waals surface area contributed by atoms with E-state index >= 15 is 0 Å². The van der Waals surface area contributed by atoms with Crippen LogP contribution in [0.1, 0.15) is 38.8 Å². The molecule has 1 heterocycles. The van der Waals surface area contributed by atoms with Crippen LogP contribution in [0.15, 0.2) is 40.9 Å². The van der Waals surface area contributed by atoms with Gasteiger partial charge >= 0.3 is 5.97 Å². The van der Waals surface area contributed by atoms with Gasteiger partial charge < -0.3 is 19.3 Å². The molecule has 3 rings (SSSR count). The van der Waals surface area contributed by atoms with E-state index in [-0.39, 0.29) is 13.2 Å². The molecule has 8 heteroatoms. The van der Waals surface area contributed by atoms with E-state index < -0.39 is 11.9 Å². The first-order valence-corrected chi connectivity index (χ1v) is 9.38. The standard InChI is InChI=1S/C22H23N3O5/c1-13-9-14(2)21(15(3)10-13)24-20(26)12-29-22(27)17-5-7-18(8-6-17)28-11-19-23-16(4)30-25-19/h5-10H,11-12H2,1-4H3,(H,24,26). The molecule has 0 saturated heterocycles. The molecule has 0 unspecified atom stereocenters. The topological polar surface area (TPSA) is 104 Å². The van der Waals surface area contributed by atoms with Crippen molar-refractivity contribution in [2.75, 3.05) is 11.9 Å². The minimum Gasteiger partial charge on any atom is -0.485 e. The second-order valence-corrected chi connectivity index (χ2v) is 6.94. The maximum absolute atomic E-state index is 12.2. The lowest BCUT2D eigenvalue weighted by molar-refractivity contribution is -0.119. The van der Waals surface area contributed by atoms with E-state index in [1.807, 2.05) is 32.9 Å². The number of amides is 1. The second-order valence-electron chi connectivity index (χ2n) is 6.94. The quantitative estimate of drug-likeness (QED) is 0.594. The minimum atomic E-state index is -0.595. The van der Waals surface area contributed by atoms with E-state index in [0.29, 0.717) is 23.0 Å². The molecule has 0 spiro atoms. The van der Waals surface area contributed by atoms with E-state index in [2.05, 4.69) is 15.5 Å². The third kappa shape index (κ3) is 5.44. The molecular weight excluding hydrogens is 386 g/mol. The minimum absolute atomic E-state index is 0.152. The molecule has 0 fully saturated rings. The number of aromatic nitrogens is 2. The fourth-order valence-electron chi connectivity index (χ4n) is 3.00. The number of nitrogens with one attached hydrogen (secondary N) is 1. The number of esters is 1. The normalized spacial score (nSPS) is 10.5. The number of benzene rings is 2. The summed E-state index contributed by atoms with van der Waals surface area (Å²) in [6.45, 7) is 7.31. The SMILES string of the molecule is Cc1cc(C)c(NC(=O)COC(=O)c2ccc(OCc3noc(C)n3)cc2)c(C)c1. The van der Waals surface area contributed by atoms with Gasteiger partial charge in [0.2, 0.25) is 11.7 Å². The smallest absolute Gasteiger partial charge is 0.338 e. The lowest BCUT2D eigenvalue weighted by atomic mass is 10.1. The molecule has 1 amide bonds. The Morgan fingerprint density at radius 1 is 1.03 bits per heavy atom. The first-order valence-electron chi connectivity index (χ1n) is 9.38. The highest BCUT2D eigenvalue weighted by Crippen LogP contribution is 2.22. The first-order chi connectivity index (χ1) is 14.3. The van der Waals surface area contributed by atoms with E-state index in [9.17, 15) is 9.59 Å². The summed E-state index contributed by atoms with van der Waals surface area (Å²) in [4.78, 5) is 28.4. The summed E-state index contributed by atoms with van der Waals surface area (Å²) >= 11 is 0. The molecule has 2 aromatic carbocycles. The summed E-state index contributed by atoms with van der Waals surface area (Å²) in [6, 6.07) is 10.3. The van der Waals surface area contributed by atoms with Crippen LogP contribution in [0.25, 0.3) is 0 Å². The zero-order valence-electron chi connectivity index (χ0n) is 17.3. The summed E-state index contributed by atoms with van der Waals surface area (Å²) in [6.07, 6.45) is 0. The first kappa shape index (κ1) is 21.0. The van der Waals surface area contributed by atoms with Gasteiger partial charge in [0, 0.05) is 12.6 Å². The molecule has 0 saturated carbocycles. The van der Waals surface area contributed by atoms with E-state index in [1.165, 1.54) is 0 Å². The number of aryl methyl sites for hydroxylation is 4. The van der Waals surface area contributed by atoms with Crippen molar-refractivity contribution in [2.24, 2.45) is 0 Å². The van der Waals surface area contributed by atoms with Crippen molar-refractivity contribution < 1.29 is 23.6 Å². The average Bonchev–Trinajstić information content (AvgIpc) is 3.13. The highest BCUT2D eigenvalue weighted by atomic mass is 16.5. The van der Waals surface area contributed by atoms with Gasteiger partial charge in [-0.15, -0.1) is 0 Å². The summed E-state index contributed by atoms with van der Waals surface area (Å²) in [7, 11) is 0. The summed E-state index contributed by atoms with van der Waals surface area (Å²) in [5, 5.41) is 6.54. The number of hydrogen-bond donors (Lipinski definition) is 1. The van der Waals surface area contributed by atoms with Gasteiger partial charge in [0.15, 0.2) is 13.2 Å². The monoisotopic (exact) mass is 409 g/mol. The van der Waals surface area contributed by atoms with Crippen LogP contribution >= 0.6 is 0 Å². The van der Waals surface area contributed by atoms with Gasteiger partial charge in [-0.05, 0) is 56.2 Å². The summed E-state index contributed by atoms with van der Waals surface area (Å²) in [5.74, 6) is 0.443. The van der Waals surface area contributed by atoms with Gasteiger partial charge in [0.05, 0.1) is 5.56 Å². The predicted molar refractivity (Wildman–Crippen MR) is 109 cm³/mol. The predicted octanol–water partition coefficient (Wildman–Crippen LogP) is 3.68. The lowest BCUT2D eigenvalue weighted by Gasteiger charge is -2.13. The van der Waals surface area contributed by atoms with Crippen LogP contribution in [0, 0.1) is 27.7 Å². The summed E-state index contributed by atoms with van der Waals surface area (Å²) < 4.78 is 15.5. The number of ether oxygens (including phenoxy) is 2. The molecule has 156 valence electrons. The number of carbonyl (C=O) groups is 2. The Labute approximate surface area is 174 Å². The molecule has 8 nitrogen and oxygen atoms in total. The van der Waals surface area contributed by atoms with E-state index in [4.69, 9.17) is 14.0 Å². The Morgan fingerprint density at radius 2 is 1.70 bits per heavy atom. The second kappa shape index (κ2) is 9.21. The number of carbonyl (C=O) groups excluding carboxylic acids is 2. The molecule has 0 radical (unpaired) electrons. The third-order valence-corrected chi connectivity index (χ3v) is 4.30. The van der Waals surface area contributed by atoms with Crippen LogP contribution < -0.4 is 10.1 Å². The molecule has 1 N–H and O–H groups in total. The Bertz CT molecular complexity index is 1030. The molecule has 3 aromatic rings. The molecule has 0 atom stereocenters. The van der Waals surface area contributed by atoms with Crippen LogP contribution in [0.4, 0.5) is 5.69 Å². The largest absolute Gasteiger partial charge is 0.485 e. The Hall–Kier alpha value is -3.68. The van der Waals surface area contributed by atoms with Crippen molar-refractivity contribution in [1.29, 1.82) is 0 Å². The van der Waals surface area contributed by atoms with Gasteiger partial charge in [-0.25, -0.2) is 4.79 Å². The molecule has 0 aliphatic heterocycles. The van der Waals surface area contributed by atoms with Crippen LogP contribution in [0.2, 0.25) is 0 Å². The number of nitrogens with zero attached hydrogens (tertiary/aromatic N) is 2. The summed E-state index contributed by atoms with van der Waals surface area (Å²) in [5.41, 5.74) is 4.08. The Kier molecular flexibility index (Phi) is 6.46. The number of anilines is 1. The maximum Gasteiger partial charge on any atom is 0.338 e. The van der Waals surface area contributed by atoms with Crippen molar-refractivity contribution in [1.82, 2.24) is 10.1 Å². The van der Waals surface area contributed by atoms with Crippen molar-refractivity contribution in [3.8, 4) is 5.75 Å². The van der Waals surface area contributed by atoms with Crippen LogP contribution in [0.3, 0.4) is 0 Å². The zero-order chi connectivity index (χ0) is 21.7. The molecule has 0 aliphatic rings. The highest BCUT2D eigenvalue weighted by Gasteiger charge is 2.13. The Balaban J connectivity index is 1.50. The fraction of sp³-hybridized carbons (Fsp3) is 0.273. The fourth-order valence-corrected chi connectivity index (χ4v) is 3.00. The van der Waals surface area contributed by atoms with Gasteiger partial charge in [-0.3, -0.25) is 4.79 Å². The number of rotatable bonds is 7. The average molecular weight is 409 g/mol. The van der Waals surface area contributed by atoms with Gasteiger partial charge in [0.25, 0.3) is 5.91 Å². The van der Waals surface area contributed by atoms with Crippen molar-refractivity contribution in [3.05, 3.63) is 70.4 Å². The maximum atomic E-state index is 12.2. The Morgan fingerprint density at radius 3 is 2.30 bits per heavy atom. The van der Waals surface area contributed by atoms with Crippen LogP contribution in [-0.4, -0.2) is 28.6 Å². The van der Waals surface area contributed by atoms with Gasteiger partial charge in [-0.1, -0.05) is 22.9 Å². The highest BCUT2D eigenvalue weighted by molar-refractivity contribution is 5.96. The van der Waals surface area contributed by atoms with Gasteiger partial charge in [-0.2, -0.15) is 4.98 Å². The van der Waals surface area contributed by atoms with Crippen molar-refractivity contribution in [3.63, 3.8) is 0 Å². The van der Waals surface area contributed by atoms with Crippen LogP contribution in [-0.2, 0) is 16.1 Å². The molecule has 0 aliphatic carbocycles. The molecule has 0 bridgehead atoms. The number of hydrogen-bond acceptors (Lipinski definition) is 7. The molecule has 30 heavy (non-hydrogen) atoms. The zero-order valence-corrected chi connectivity index (χ0v) is 17.3. The van der Waals surface area contributed by atoms with E-state index in [1.54, 1.807) is 31.2 Å². The lowest BCUT2D eigenvalue weighted by Crippen LogP contribution is -2.22.